The molecule has 0 aliphatic heterocycles. The van der Waals surface area contributed by atoms with Gasteiger partial charge >= 0.3 is 0 Å². The van der Waals surface area contributed by atoms with E-state index in [0.717, 1.165) is 24.4 Å². The third-order valence-electron chi connectivity index (χ3n) is 3.35. The van der Waals surface area contributed by atoms with Gasteiger partial charge in [-0.2, -0.15) is 0 Å². The molecule has 3 nitrogen and oxygen atoms in total. The Bertz CT molecular complexity index is 362. The van der Waals surface area contributed by atoms with Crippen LogP contribution in [0.1, 0.15) is 25.0 Å². The minimum atomic E-state index is -0.440. The number of benzene rings is 1. The van der Waals surface area contributed by atoms with Gasteiger partial charge in [0.25, 0.3) is 0 Å². The fourth-order valence-corrected chi connectivity index (χ4v) is 1.90. The van der Waals surface area contributed by atoms with Crippen molar-refractivity contribution in [2.45, 2.75) is 33.8 Å². The smallest absolute Gasteiger partial charge is 0.122 e. The van der Waals surface area contributed by atoms with Gasteiger partial charge in [-0.3, -0.25) is 0 Å². The summed E-state index contributed by atoms with van der Waals surface area (Å²) in [5.41, 5.74) is 2.36. The molecule has 102 valence electrons. The lowest BCUT2D eigenvalue weighted by atomic mass is 10.1. The molecule has 0 amide bonds. The highest BCUT2D eigenvalue weighted by atomic mass is 16.5. The van der Waals surface area contributed by atoms with Crippen molar-refractivity contribution in [3.63, 3.8) is 0 Å². The second-order valence-electron chi connectivity index (χ2n) is 4.65. The Morgan fingerprint density at radius 2 is 1.89 bits per heavy atom. The van der Waals surface area contributed by atoms with Gasteiger partial charge in [0.05, 0.1) is 0 Å². The average molecular weight is 251 g/mol. The third-order valence-corrected chi connectivity index (χ3v) is 3.35. The van der Waals surface area contributed by atoms with Crippen LogP contribution in [0.5, 0.6) is 5.75 Å². The first-order chi connectivity index (χ1) is 8.58. The summed E-state index contributed by atoms with van der Waals surface area (Å²) in [5, 5.41) is 9.94. The van der Waals surface area contributed by atoms with E-state index in [2.05, 4.69) is 31.7 Å². The van der Waals surface area contributed by atoms with E-state index in [1.165, 1.54) is 5.56 Å². The summed E-state index contributed by atoms with van der Waals surface area (Å²) >= 11 is 0. The summed E-state index contributed by atoms with van der Waals surface area (Å²) in [7, 11) is 0. The predicted octanol–water partition coefficient (Wildman–Crippen LogP) is 2.38. The van der Waals surface area contributed by atoms with E-state index in [9.17, 15) is 5.11 Å². The van der Waals surface area contributed by atoms with Crippen molar-refractivity contribution in [3.05, 3.63) is 29.3 Å². The van der Waals surface area contributed by atoms with Crippen molar-refractivity contribution >= 4 is 0 Å². The van der Waals surface area contributed by atoms with Gasteiger partial charge in [0, 0.05) is 6.54 Å². The molecule has 18 heavy (non-hydrogen) atoms. The molecule has 0 radical (unpaired) electrons. The molecular weight excluding hydrogens is 226 g/mol. The molecular formula is C15H25NO2. The Balaban J connectivity index is 2.47. The van der Waals surface area contributed by atoms with Crippen LogP contribution >= 0.6 is 0 Å². The van der Waals surface area contributed by atoms with Gasteiger partial charge in [-0.25, -0.2) is 0 Å². The minimum Gasteiger partial charge on any atom is -0.491 e. The molecule has 1 aromatic carbocycles. The third kappa shape index (κ3) is 4.31. The minimum absolute atomic E-state index is 0.348. The van der Waals surface area contributed by atoms with Crippen molar-refractivity contribution in [1.82, 2.24) is 4.90 Å². The quantitative estimate of drug-likeness (QED) is 0.807. The van der Waals surface area contributed by atoms with Gasteiger partial charge in [0.15, 0.2) is 0 Å². The molecule has 1 atom stereocenters. The largest absolute Gasteiger partial charge is 0.491 e. The summed E-state index contributed by atoms with van der Waals surface area (Å²) in [6.45, 7) is 11.2. The number of aliphatic hydroxyl groups excluding tert-OH is 1. The summed E-state index contributed by atoms with van der Waals surface area (Å²) in [4.78, 5) is 2.19. The molecule has 0 aliphatic rings. The lowest BCUT2D eigenvalue weighted by molar-refractivity contribution is 0.0714. The molecule has 1 unspecified atom stereocenters. The molecule has 0 fully saturated rings. The van der Waals surface area contributed by atoms with E-state index in [1.54, 1.807) is 0 Å². The zero-order valence-electron chi connectivity index (χ0n) is 11.9. The summed E-state index contributed by atoms with van der Waals surface area (Å²) < 4.78 is 5.69. The van der Waals surface area contributed by atoms with Crippen molar-refractivity contribution in [1.29, 1.82) is 0 Å². The Hall–Kier alpha value is -1.06. The molecule has 0 aromatic heterocycles. The van der Waals surface area contributed by atoms with Crippen molar-refractivity contribution in [3.8, 4) is 5.75 Å². The fraction of sp³-hybridized carbons (Fsp3) is 0.600. The lowest BCUT2D eigenvalue weighted by Crippen LogP contribution is -2.35. The van der Waals surface area contributed by atoms with Crippen LogP contribution in [-0.4, -0.2) is 42.4 Å². The van der Waals surface area contributed by atoms with Gasteiger partial charge in [0.2, 0.25) is 0 Å². The van der Waals surface area contributed by atoms with Crippen molar-refractivity contribution in [2.24, 2.45) is 0 Å². The van der Waals surface area contributed by atoms with Crippen molar-refractivity contribution in [2.75, 3.05) is 26.2 Å². The first-order valence-corrected chi connectivity index (χ1v) is 6.67. The SMILES string of the molecule is CCN(CC)CC(O)COc1cccc(C)c1C. The first kappa shape index (κ1) is 15.0. The normalized spacial score (nSPS) is 12.8. The van der Waals surface area contributed by atoms with Gasteiger partial charge < -0.3 is 14.7 Å². The lowest BCUT2D eigenvalue weighted by Gasteiger charge is -2.22. The number of aryl methyl sites for hydroxylation is 1. The van der Waals surface area contributed by atoms with Gasteiger partial charge in [-0.1, -0.05) is 26.0 Å². The fourth-order valence-electron chi connectivity index (χ4n) is 1.90. The maximum atomic E-state index is 9.94. The van der Waals surface area contributed by atoms with Crippen LogP contribution in [-0.2, 0) is 0 Å². The number of hydrogen-bond acceptors (Lipinski definition) is 3. The zero-order valence-corrected chi connectivity index (χ0v) is 11.9. The monoisotopic (exact) mass is 251 g/mol. The second kappa shape index (κ2) is 7.39. The van der Waals surface area contributed by atoms with Crippen LogP contribution in [0.25, 0.3) is 0 Å². The number of rotatable bonds is 7. The van der Waals surface area contributed by atoms with Crippen LogP contribution < -0.4 is 4.74 Å². The van der Waals surface area contributed by atoms with Crippen LogP contribution in [0.3, 0.4) is 0 Å². The molecule has 0 heterocycles. The molecule has 0 saturated heterocycles. The number of aliphatic hydroxyl groups is 1. The van der Waals surface area contributed by atoms with Crippen LogP contribution in [0.15, 0.2) is 18.2 Å². The zero-order chi connectivity index (χ0) is 13.5. The topological polar surface area (TPSA) is 32.7 Å². The Morgan fingerprint density at radius 3 is 2.50 bits per heavy atom. The summed E-state index contributed by atoms with van der Waals surface area (Å²) in [5.74, 6) is 0.869. The highest BCUT2D eigenvalue weighted by Crippen LogP contribution is 2.20. The van der Waals surface area contributed by atoms with E-state index in [4.69, 9.17) is 4.74 Å². The predicted molar refractivity (Wildman–Crippen MR) is 75.2 cm³/mol. The van der Waals surface area contributed by atoms with E-state index < -0.39 is 6.10 Å². The Morgan fingerprint density at radius 1 is 1.22 bits per heavy atom. The Kier molecular flexibility index (Phi) is 6.16. The second-order valence-corrected chi connectivity index (χ2v) is 4.65. The Labute approximate surface area is 110 Å². The van der Waals surface area contributed by atoms with E-state index in [-0.39, 0.29) is 0 Å². The molecule has 3 heteroatoms. The number of ether oxygens (including phenoxy) is 1. The number of likely N-dealkylation sites (N-methyl/N-ethyl adjacent to an activating group) is 1. The molecule has 1 rings (SSSR count). The summed E-state index contributed by atoms with van der Waals surface area (Å²) in [6, 6.07) is 6.00. The van der Waals surface area contributed by atoms with E-state index in [0.29, 0.717) is 13.2 Å². The average Bonchev–Trinajstić information content (AvgIpc) is 2.37. The van der Waals surface area contributed by atoms with Crippen LogP contribution in [0.2, 0.25) is 0 Å². The maximum Gasteiger partial charge on any atom is 0.122 e. The standard InChI is InChI=1S/C15H25NO2/c1-5-16(6-2)10-14(17)11-18-15-9-7-8-12(3)13(15)4/h7-9,14,17H,5-6,10-11H2,1-4H3. The van der Waals surface area contributed by atoms with Gasteiger partial charge in [-0.15, -0.1) is 0 Å². The molecule has 1 aromatic rings. The molecule has 0 bridgehead atoms. The van der Waals surface area contributed by atoms with Crippen molar-refractivity contribution < 1.29 is 9.84 Å². The molecule has 0 aliphatic carbocycles. The van der Waals surface area contributed by atoms with Crippen LogP contribution in [0.4, 0.5) is 0 Å². The highest BCUT2D eigenvalue weighted by Gasteiger charge is 2.10. The van der Waals surface area contributed by atoms with E-state index >= 15 is 0 Å². The summed E-state index contributed by atoms with van der Waals surface area (Å²) in [6.07, 6.45) is -0.440. The maximum absolute atomic E-state index is 9.94. The van der Waals surface area contributed by atoms with E-state index in [1.807, 2.05) is 19.1 Å². The number of nitrogens with zero attached hydrogens (tertiary/aromatic N) is 1. The van der Waals surface area contributed by atoms with Gasteiger partial charge in [-0.05, 0) is 44.1 Å². The highest BCUT2D eigenvalue weighted by molar-refractivity contribution is 5.38. The molecule has 1 N–H and O–H groups in total. The van der Waals surface area contributed by atoms with Crippen LogP contribution in [0, 0.1) is 13.8 Å². The molecule has 0 spiro atoms. The first-order valence-electron chi connectivity index (χ1n) is 6.67. The number of hydrogen-bond donors (Lipinski definition) is 1. The van der Waals surface area contributed by atoms with Gasteiger partial charge in [0.1, 0.15) is 18.5 Å². The molecule has 0 saturated carbocycles.